The van der Waals surface area contributed by atoms with E-state index >= 15 is 0 Å². The maximum absolute atomic E-state index is 13.4. The molecule has 5 rings (SSSR count). The molecule has 9 nitrogen and oxygen atoms in total. The Bertz CT molecular complexity index is 1570. The Balaban J connectivity index is 1.38. The lowest BCUT2D eigenvalue weighted by Gasteiger charge is -2.26. The number of ether oxygens (including phenoxy) is 3. The maximum Gasteiger partial charge on any atom is 0.387 e. The van der Waals surface area contributed by atoms with Crippen molar-refractivity contribution < 1.29 is 40.9 Å². The van der Waals surface area contributed by atoms with Gasteiger partial charge in [-0.25, -0.2) is 13.2 Å². The molecule has 14 heteroatoms. The highest BCUT2D eigenvalue weighted by Crippen LogP contribution is 2.38. The molecule has 2 fully saturated rings. The highest BCUT2D eigenvalue weighted by molar-refractivity contribution is 7.91. The minimum absolute atomic E-state index is 0.0304. The number of benzene rings is 2. The van der Waals surface area contributed by atoms with E-state index in [1.807, 2.05) is 4.90 Å². The molecule has 0 bridgehead atoms. The third-order valence-corrected chi connectivity index (χ3v) is 9.72. The zero-order valence-electron chi connectivity index (χ0n) is 23.5. The summed E-state index contributed by atoms with van der Waals surface area (Å²) in [4.78, 5) is 15.4. The first-order valence-corrected chi connectivity index (χ1v) is 16.5. The second-order valence-corrected chi connectivity index (χ2v) is 14.0. The fourth-order valence-electron chi connectivity index (χ4n) is 4.77. The second kappa shape index (κ2) is 13.8. The summed E-state index contributed by atoms with van der Waals surface area (Å²) in [7, 11) is -2.99. The third kappa shape index (κ3) is 8.71. The predicted octanol–water partition coefficient (Wildman–Crippen LogP) is 5.39. The van der Waals surface area contributed by atoms with E-state index in [-0.39, 0.29) is 45.0 Å². The number of hydrogen-bond donors (Lipinski definition) is 0. The molecule has 0 unspecified atom stereocenters. The lowest BCUT2D eigenvalue weighted by atomic mass is 10.0. The van der Waals surface area contributed by atoms with Crippen molar-refractivity contribution in [1.82, 2.24) is 4.90 Å². The van der Waals surface area contributed by atoms with E-state index in [4.69, 9.17) is 32.7 Å². The molecule has 44 heavy (non-hydrogen) atoms. The molecular formula is C30H30Cl2F2N2O7S. The molecule has 1 atom stereocenters. The number of hydrogen-bond acceptors (Lipinski definition) is 8. The summed E-state index contributed by atoms with van der Waals surface area (Å²) in [5, 5.41) is 11.9. The number of carbonyl (C=O) groups excluding carboxylic acids is 1. The standard InChI is InChI=1S/C30H30Cl2F2N2O7S/c31-24-16-36(38)17-25(32)23(24)14-27(22-7-8-26(43-30(33)34)28(13-22)41-18-20-1-2-20)42-29(37)21-5-3-19(4-6-21)15-35-9-11-44(39,40)12-10-35/h3-8,13,16-17,20,27,30H,1-2,9-12,14-15,18H2/t27-/m0/s1. The van der Waals surface area contributed by atoms with E-state index in [9.17, 15) is 27.2 Å². The maximum atomic E-state index is 13.4. The fraction of sp³-hybridized carbons (Fsp3) is 0.400. The SMILES string of the molecule is O=C(O[C@@H](Cc1c(Cl)c[n+]([O-])cc1Cl)c1ccc(OC(F)F)c(OCC2CC2)c1)c1ccc(CN2CCS(=O)(=O)CC2)cc1. The number of alkyl halides is 2. The van der Waals surface area contributed by atoms with Crippen molar-refractivity contribution >= 4 is 39.0 Å². The first-order chi connectivity index (χ1) is 21.0. The van der Waals surface area contributed by atoms with Gasteiger partial charge in [-0.3, -0.25) is 4.90 Å². The summed E-state index contributed by atoms with van der Waals surface area (Å²) in [5.41, 5.74) is 1.92. The smallest absolute Gasteiger partial charge is 0.387 e. The third-order valence-electron chi connectivity index (χ3n) is 7.46. The minimum Gasteiger partial charge on any atom is -0.619 e. The molecule has 0 amide bonds. The fourth-order valence-corrected chi connectivity index (χ4v) is 6.65. The van der Waals surface area contributed by atoms with Crippen LogP contribution in [-0.2, 0) is 27.5 Å². The summed E-state index contributed by atoms with van der Waals surface area (Å²) >= 11 is 12.7. The molecular weight excluding hydrogens is 641 g/mol. The van der Waals surface area contributed by atoms with Gasteiger partial charge < -0.3 is 19.4 Å². The summed E-state index contributed by atoms with van der Waals surface area (Å²) in [6, 6.07) is 11.1. The molecule has 1 aromatic heterocycles. The van der Waals surface area contributed by atoms with Gasteiger partial charge in [-0.05, 0) is 54.2 Å². The van der Waals surface area contributed by atoms with E-state index < -0.39 is 28.5 Å². The van der Waals surface area contributed by atoms with Gasteiger partial charge in [0.1, 0.15) is 16.1 Å². The molecule has 0 radical (unpaired) electrons. The van der Waals surface area contributed by atoms with Gasteiger partial charge >= 0.3 is 12.6 Å². The number of esters is 1. The predicted molar refractivity (Wildman–Crippen MR) is 159 cm³/mol. The highest BCUT2D eigenvalue weighted by atomic mass is 35.5. The zero-order chi connectivity index (χ0) is 31.4. The van der Waals surface area contributed by atoms with Crippen molar-refractivity contribution in [3.63, 3.8) is 0 Å². The van der Waals surface area contributed by atoms with Crippen LogP contribution in [0.4, 0.5) is 8.78 Å². The molecule has 0 N–H and O–H groups in total. The van der Waals surface area contributed by atoms with Crippen LogP contribution in [0, 0.1) is 11.1 Å². The quantitative estimate of drug-likeness (QED) is 0.143. The molecule has 3 aromatic rings. The van der Waals surface area contributed by atoms with Crippen LogP contribution in [0.25, 0.3) is 0 Å². The van der Waals surface area contributed by atoms with Gasteiger partial charge in [0.15, 0.2) is 33.7 Å². The van der Waals surface area contributed by atoms with Crippen LogP contribution in [0.1, 0.15) is 46.0 Å². The summed E-state index contributed by atoms with van der Waals surface area (Å²) in [6.45, 7) is -1.32. The molecule has 1 aliphatic carbocycles. The first kappa shape index (κ1) is 32.2. The van der Waals surface area contributed by atoms with E-state index in [1.165, 1.54) is 18.2 Å². The zero-order valence-corrected chi connectivity index (χ0v) is 25.8. The summed E-state index contributed by atoms with van der Waals surface area (Å²) in [5.74, 6) is -0.177. The van der Waals surface area contributed by atoms with Crippen molar-refractivity contribution in [2.45, 2.75) is 38.5 Å². The minimum atomic E-state index is -3.07. The van der Waals surface area contributed by atoms with Gasteiger partial charge in [0.05, 0.1) is 23.7 Å². The van der Waals surface area contributed by atoms with Gasteiger partial charge in [0, 0.05) is 31.6 Å². The number of sulfone groups is 1. The monoisotopic (exact) mass is 670 g/mol. The van der Waals surface area contributed by atoms with Gasteiger partial charge in [-0.15, -0.1) is 0 Å². The molecule has 1 saturated heterocycles. The van der Waals surface area contributed by atoms with Gasteiger partial charge in [-0.1, -0.05) is 41.4 Å². The van der Waals surface area contributed by atoms with Crippen molar-refractivity contribution in [3.05, 3.63) is 92.4 Å². The van der Waals surface area contributed by atoms with Gasteiger partial charge in [0.2, 0.25) is 0 Å². The number of rotatable bonds is 12. The largest absolute Gasteiger partial charge is 0.619 e. The molecule has 236 valence electrons. The highest BCUT2D eigenvalue weighted by Gasteiger charge is 2.27. The van der Waals surface area contributed by atoms with Gasteiger partial charge in [-0.2, -0.15) is 13.5 Å². The van der Waals surface area contributed by atoms with E-state index in [0.29, 0.717) is 48.0 Å². The van der Waals surface area contributed by atoms with Crippen LogP contribution < -0.4 is 14.2 Å². The van der Waals surface area contributed by atoms with Crippen LogP contribution in [0.2, 0.25) is 10.0 Å². The topological polar surface area (TPSA) is 109 Å². The first-order valence-electron chi connectivity index (χ1n) is 14.0. The van der Waals surface area contributed by atoms with Crippen LogP contribution in [0.15, 0.2) is 54.9 Å². The van der Waals surface area contributed by atoms with Crippen LogP contribution in [0.5, 0.6) is 11.5 Å². The molecule has 0 spiro atoms. The molecule has 1 aliphatic heterocycles. The Kier molecular flexibility index (Phi) is 10.1. The number of halogens is 4. The van der Waals surface area contributed by atoms with Crippen LogP contribution in [0.3, 0.4) is 0 Å². The summed E-state index contributed by atoms with van der Waals surface area (Å²) < 4.78 is 66.5. The number of carbonyl (C=O) groups is 1. The van der Waals surface area contributed by atoms with E-state index in [2.05, 4.69) is 4.74 Å². The Hall–Kier alpha value is -3.19. The van der Waals surface area contributed by atoms with Crippen molar-refractivity contribution in [2.24, 2.45) is 5.92 Å². The average molecular weight is 672 g/mol. The molecule has 1 saturated carbocycles. The molecule has 2 aliphatic rings. The average Bonchev–Trinajstić information content (AvgIpc) is 3.79. The lowest BCUT2D eigenvalue weighted by Crippen LogP contribution is -2.39. The number of nitrogens with zero attached hydrogens (tertiary/aromatic N) is 2. The van der Waals surface area contributed by atoms with Crippen molar-refractivity contribution in [1.29, 1.82) is 0 Å². The summed E-state index contributed by atoms with van der Waals surface area (Å²) in [6.07, 6.45) is 3.18. The Morgan fingerprint density at radius 1 is 1.02 bits per heavy atom. The molecule has 2 heterocycles. The Morgan fingerprint density at radius 3 is 2.30 bits per heavy atom. The number of aromatic nitrogens is 1. The number of pyridine rings is 1. The van der Waals surface area contributed by atoms with Crippen molar-refractivity contribution in [2.75, 3.05) is 31.2 Å². The normalized spacial score (nSPS) is 17.3. The van der Waals surface area contributed by atoms with E-state index in [0.717, 1.165) is 30.8 Å². The Morgan fingerprint density at radius 2 is 1.68 bits per heavy atom. The van der Waals surface area contributed by atoms with Gasteiger partial charge in [0.25, 0.3) is 0 Å². The van der Waals surface area contributed by atoms with E-state index in [1.54, 1.807) is 24.3 Å². The van der Waals surface area contributed by atoms with Crippen molar-refractivity contribution in [3.8, 4) is 11.5 Å². The van der Waals surface area contributed by atoms with Crippen LogP contribution in [-0.4, -0.2) is 57.1 Å². The molecule has 2 aromatic carbocycles. The Labute approximate surface area is 263 Å². The van der Waals surface area contributed by atoms with Crippen LogP contribution >= 0.6 is 23.2 Å². The second-order valence-electron chi connectivity index (χ2n) is 10.9. The lowest BCUT2D eigenvalue weighted by molar-refractivity contribution is -0.605.